The summed E-state index contributed by atoms with van der Waals surface area (Å²) in [7, 11) is 0. The van der Waals surface area contributed by atoms with Gasteiger partial charge in [-0.3, -0.25) is 14.5 Å². The van der Waals surface area contributed by atoms with Crippen LogP contribution in [0.3, 0.4) is 0 Å². The highest BCUT2D eigenvalue weighted by Crippen LogP contribution is 2.45. The largest absolute Gasteiger partial charge is 0.480 e. The number of amides is 1. The molecule has 1 aromatic rings. The Labute approximate surface area is 130 Å². The maximum atomic E-state index is 12.0. The van der Waals surface area contributed by atoms with Crippen LogP contribution in [0.1, 0.15) is 25.3 Å². The molecule has 2 fully saturated rings. The number of rotatable bonds is 3. The van der Waals surface area contributed by atoms with Crippen molar-refractivity contribution in [1.29, 1.82) is 0 Å². The van der Waals surface area contributed by atoms with Gasteiger partial charge in [0.1, 0.15) is 0 Å². The second kappa shape index (κ2) is 5.72. The number of piperidine rings is 1. The standard InChI is InChI=1S/C17H22N2O3/c1-13(20)19-10-8-17(14-5-3-2-4-6-14)7-9-18(11-15(17)19)12-16(21)22/h2-6,15H,7-12H2,1H3,(H,21,22)/t15-,17-/m1/s1. The second-order valence-electron chi connectivity index (χ2n) is 6.38. The lowest BCUT2D eigenvalue weighted by Gasteiger charge is -2.46. The van der Waals surface area contributed by atoms with Crippen molar-refractivity contribution in [1.82, 2.24) is 9.80 Å². The fraction of sp³-hybridized carbons (Fsp3) is 0.529. The number of aliphatic carboxylic acids is 1. The van der Waals surface area contributed by atoms with E-state index in [4.69, 9.17) is 5.11 Å². The van der Waals surface area contributed by atoms with E-state index in [1.165, 1.54) is 5.56 Å². The molecule has 2 aliphatic heterocycles. The summed E-state index contributed by atoms with van der Waals surface area (Å²) in [5, 5.41) is 9.04. The molecule has 2 saturated heterocycles. The van der Waals surface area contributed by atoms with Crippen LogP contribution in [0.25, 0.3) is 0 Å². The number of hydrogen-bond acceptors (Lipinski definition) is 3. The van der Waals surface area contributed by atoms with Crippen LogP contribution in [0.5, 0.6) is 0 Å². The summed E-state index contributed by atoms with van der Waals surface area (Å²) in [5.74, 6) is -0.723. The van der Waals surface area contributed by atoms with E-state index < -0.39 is 5.97 Å². The third kappa shape index (κ3) is 2.50. The van der Waals surface area contributed by atoms with Crippen molar-refractivity contribution >= 4 is 11.9 Å². The predicted octanol–water partition coefficient (Wildman–Crippen LogP) is 1.34. The Kier molecular flexibility index (Phi) is 3.91. The summed E-state index contributed by atoms with van der Waals surface area (Å²) in [4.78, 5) is 26.9. The van der Waals surface area contributed by atoms with E-state index in [1.54, 1.807) is 6.92 Å². The van der Waals surface area contributed by atoms with Crippen LogP contribution in [-0.2, 0) is 15.0 Å². The monoisotopic (exact) mass is 302 g/mol. The first-order chi connectivity index (χ1) is 10.5. The molecule has 3 rings (SSSR count). The first-order valence-electron chi connectivity index (χ1n) is 7.80. The van der Waals surface area contributed by atoms with Crippen LogP contribution < -0.4 is 0 Å². The molecule has 5 nitrogen and oxygen atoms in total. The molecule has 0 unspecified atom stereocenters. The molecule has 0 bridgehead atoms. The van der Waals surface area contributed by atoms with Gasteiger partial charge in [-0.15, -0.1) is 0 Å². The summed E-state index contributed by atoms with van der Waals surface area (Å²) in [6.45, 7) is 3.82. The molecule has 1 aromatic carbocycles. The third-order valence-corrected chi connectivity index (χ3v) is 5.23. The molecule has 2 atom stereocenters. The van der Waals surface area contributed by atoms with Crippen LogP contribution in [0.15, 0.2) is 30.3 Å². The van der Waals surface area contributed by atoms with Crippen molar-refractivity contribution in [2.45, 2.75) is 31.2 Å². The molecule has 2 aliphatic rings. The van der Waals surface area contributed by atoms with E-state index in [1.807, 2.05) is 28.0 Å². The van der Waals surface area contributed by atoms with Gasteiger partial charge in [0.25, 0.3) is 0 Å². The van der Waals surface area contributed by atoms with Crippen LogP contribution in [-0.4, -0.2) is 59.0 Å². The average Bonchev–Trinajstić information content (AvgIpc) is 2.88. The van der Waals surface area contributed by atoms with Crippen molar-refractivity contribution in [2.24, 2.45) is 0 Å². The van der Waals surface area contributed by atoms with Gasteiger partial charge < -0.3 is 10.0 Å². The van der Waals surface area contributed by atoms with Crippen molar-refractivity contribution in [3.05, 3.63) is 35.9 Å². The molecule has 0 saturated carbocycles. The minimum atomic E-state index is -0.806. The Balaban J connectivity index is 1.92. The zero-order valence-corrected chi connectivity index (χ0v) is 12.9. The number of hydrogen-bond donors (Lipinski definition) is 1. The van der Waals surface area contributed by atoms with Gasteiger partial charge in [-0.2, -0.15) is 0 Å². The van der Waals surface area contributed by atoms with Gasteiger partial charge in [0.05, 0.1) is 12.6 Å². The highest BCUT2D eigenvalue weighted by molar-refractivity contribution is 5.74. The third-order valence-electron chi connectivity index (χ3n) is 5.23. The van der Waals surface area contributed by atoms with Crippen molar-refractivity contribution < 1.29 is 14.7 Å². The zero-order chi connectivity index (χ0) is 15.7. The number of benzene rings is 1. The van der Waals surface area contributed by atoms with Gasteiger partial charge in [0.2, 0.25) is 5.91 Å². The summed E-state index contributed by atoms with van der Waals surface area (Å²) < 4.78 is 0. The average molecular weight is 302 g/mol. The lowest BCUT2D eigenvalue weighted by Crippen LogP contribution is -2.57. The number of fused-ring (bicyclic) bond motifs is 1. The Hall–Kier alpha value is -1.88. The molecule has 0 aromatic heterocycles. The van der Waals surface area contributed by atoms with Gasteiger partial charge in [-0.25, -0.2) is 0 Å². The van der Waals surface area contributed by atoms with Crippen LogP contribution in [0, 0.1) is 0 Å². The minimum absolute atomic E-state index is 0.0259. The van der Waals surface area contributed by atoms with E-state index in [-0.39, 0.29) is 23.9 Å². The van der Waals surface area contributed by atoms with Gasteiger partial charge in [0, 0.05) is 25.4 Å². The number of likely N-dealkylation sites (tertiary alicyclic amines) is 2. The summed E-state index contributed by atoms with van der Waals surface area (Å²) in [6, 6.07) is 10.4. The molecule has 0 radical (unpaired) electrons. The van der Waals surface area contributed by atoms with E-state index in [2.05, 4.69) is 12.1 Å². The smallest absolute Gasteiger partial charge is 0.317 e. The van der Waals surface area contributed by atoms with Crippen LogP contribution in [0.4, 0.5) is 0 Å². The molecule has 5 heteroatoms. The van der Waals surface area contributed by atoms with E-state index >= 15 is 0 Å². The van der Waals surface area contributed by atoms with Crippen molar-refractivity contribution in [2.75, 3.05) is 26.2 Å². The molecule has 2 heterocycles. The maximum Gasteiger partial charge on any atom is 0.317 e. The lowest BCUT2D eigenvalue weighted by molar-refractivity contribution is -0.139. The Morgan fingerprint density at radius 2 is 1.91 bits per heavy atom. The molecule has 0 spiro atoms. The van der Waals surface area contributed by atoms with E-state index in [0.717, 1.165) is 25.9 Å². The Morgan fingerprint density at radius 1 is 1.23 bits per heavy atom. The van der Waals surface area contributed by atoms with Crippen LogP contribution >= 0.6 is 0 Å². The van der Waals surface area contributed by atoms with Gasteiger partial charge in [-0.1, -0.05) is 30.3 Å². The molecule has 0 aliphatic carbocycles. The van der Waals surface area contributed by atoms with Crippen molar-refractivity contribution in [3.63, 3.8) is 0 Å². The molecule has 22 heavy (non-hydrogen) atoms. The van der Waals surface area contributed by atoms with Gasteiger partial charge in [0.15, 0.2) is 0 Å². The summed E-state index contributed by atoms with van der Waals surface area (Å²) in [6.07, 6.45) is 1.86. The first kappa shape index (κ1) is 15.0. The number of carboxylic acids is 1. The maximum absolute atomic E-state index is 12.0. The van der Waals surface area contributed by atoms with Gasteiger partial charge >= 0.3 is 5.97 Å². The minimum Gasteiger partial charge on any atom is -0.480 e. The zero-order valence-electron chi connectivity index (χ0n) is 12.9. The highest BCUT2D eigenvalue weighted by atomic mass is 16.4. The molecule has 1 amide bonds. The molecule has 1 N–H and O–H groups in total. The fourth-order valence-electron chi connectivity index (χ4n) is 4.16. The fourth-order valence-corrected chi connectivity index (χ4v) is 4.16. The normalized spacial score (nSPS) is 28.4. The summed E-state index contributed by atoms with van der Waals surface area (Å²) >= 11 is 0. The van der Waals surface area contributed by atoms with Crippen molar-refractivity contribution in [3.8, 4) is 0 Å². The number of nitrogens with zero attached hydrogens (tertiary/aromatic N) is 2. The van der Waals surface area contributed by atoms with E-state index in [0.29, 0.717) is 6.54 Å². The van der Waals surface area contributed by atoms with Gasteiger partial charge in [-0.05, 0) is 24.9 Å². The number of carbonyl (C=O) groups excluding carboxylic acids is 1. The molecular formula is C17H22N2O3. The molecule has 118 valence electrons. The summed E-state index contributed by atoms with van der Waals surface area (Å²) in [5.41, 5.74) is 1.25. The highest BCUT2D eigenvalue weighted by Gasteiger charge is 2.51. The number of carbonyl (C=O) groups is 2. The van der Waals surface area contributed by atoms with E-state index in [9.17, 15) is 9.59 Å². The second-order valence-corrected chi connectivity index (χ2v) is 6.38. The SMILES string of the molecule is CC(=O)N1CC[C@@]2(c3ccccc3)CCN(CC(=O)O)C[C@@H]12. The predicted molar refractivity (Wildman–Crippen MR) is 82.6 cm³/mol. The number of carboxylic acid groups (broad SMARTS) is 1. The quantitative estimate of drug-likeness (QED) is 0.915. The topological polar surface area (TPSA) is 60.9 Å². The first-order valence-corrected chi connectivity index (χ1v) is 7.80. The van der Waals surface area contributed by atoms with Crippen LogP contribution in [0.2, 0.25) is 0 Å². The Bertz CT molecular complexity index is 575. The Morgan fingerprint density at radius 3 is 2.55 bits per heavy atom. The molecular weight excluding hydrogens is 280 g/mol. The lowest BCUT2D eigenvalue weighted by atomic mass is 9.69.